The van der Waals surface area contributed by atoms with Crippen LogP contribution in [0.2, 0.25) is 5.15 Å². The number of thioether (sulfide) groups is 1. The van der Waals surface area contributed by atoms with Gasteiger partial charge in [0, 0.05) is 24.1 Å². The van der Waals surface area contributed by atoms with Crippen molar-refractivity contribution in [3.63, 3.8) is 0 Å². The first kappa shape index (κ1) is 11.5. The SMILES string of the molecule is CC1CN(c2ncnc(Cl)c2Br)CCS1. The maximum absolute atomic E-state index is 5.94. The summed E-state index contributed by atoms with van der Waals surface area (Å²) in [4.78, 5) is 10.4. The topological polar surface area (TPSA) is 29.0 Å². The molecule has 0 amide bonds. The maximum atomic E-state index is 5.94. The van der Waals surface area contributed by atoms with Gasteiger partial charge in [-0.3, -0.25) is 0 Å². The molecule has 0 spiro atoms. The molecule has 6 heteroatoms. The highest BCUT2D eigenvalue weighted by molar-refractivity contribution is 9.10. The molecule has 1 aliphatic heterocycles. The molecule has 0 N–H and O–H groups in total. The zero-order chi connectivity index (χ0) is 10.8. The predicted molar refractivity (Wildman–Crippen MR) is 68.9 cm³/mol. The molecule has 0 aliphatic carbocycles. The Kier molecular flexibility index (Phi) is 3.74. The van der Waals surface area contributed by atoms with Gasteiger partial charge in [0.05, 0.1) is 4.47 Å². The fourth-order valence-electron chi connectivity index (χ4n) is 1.57. The van der Waals surface area contributed by atoms with Crippen molar-refractivity contribution in [2.75, 3.05) is 23.7 Å². The van der Waals surface area contributed by atoms with E-state index >= 15 is 0 Å². The molecule has 1 aliphatic rings. The fourth-order valence-corrected chi connectivity index (χ4v) is 3.17. The third-order valence-corrected chi connectivity index (χ3v) is 4.65. The summed E-state index contributed by atoms with van der Waals surface area (Å²) >= 11 is 11.4. The van der Waals surface area contributed by atoms with E-state index in [0.717, 1.165) is 29.1 Å². The lowest BCUT2D eigenvalue weighted by Gasteiger charge is -2.31. The minimum absolute atomic E-state index is 0.478. The van der Waals surface area contributed by atoms with E-state index in [4.69, 9.17) is 11.6 Å². The molecule has 1 atom stereocenters. The molecule has 2 rings (SSSR count). The molecule has 0 radical (unpaired) electrons. The van der Waals surface area contributed by atoms with Crippen LogP contribution < -0.4 is 4.90 Å². The Labute approximate surface area is 107 Å². The minimum atomic E-state index is 0.478. The molecule has 3 nitrogen and oxygen atoms in total. The zero-order valence-corrected chi connectivity index (χ0v) is 11.4. The first-order valence-corrected chi connectivity index (χ1v) is 6.93. The molecule has 15 heavy (non-hydrogen) atoms. The minimum Gasteiger partial charge on any atom is -0.354 e. The van der Waals surface area contributed by atoms with Crippen LogP contribution >= 0.6 is 39.3 Å². The Balaban J connectivity index is 2.24. The number of rotatable bonds is 1. The molecule has 1 aromatic rings. The maximum Gasteiger partial charge on any atom is 0.148 e. The summed E-state index contributed by atoms with van der Waals surface area (Å²) in [5.74, 6) is 2.04. The van der Waals surface area contributed by atoms with E-state index in [1.54, 1.807) is 0 Å². The Morgan fingerprint density at radius 1 is 1.60 bits per heavy atom. The average Bonchev–Trinajstić information content (AvgIpc) is 2.22. The summed E-state index contributed by atoms with van der Waals surface area (Å²) in [5.41, 5.74) is 0. The Hall–Kier alpha value is -0.000000000000000222. The lowest BCUT2D eigenvalue weighted by molar-refractivity contribution is 0.765. The summed E-state index contributed by atoms with van der Waals surface area (Å²) in [6.45, 7) is 4.26. The molecule has 1 aromatic heterocycles. The highest BCUT2D eigenvalue weighted by Crippen LogP contribution is 2.31. The molecule has 1 fully saturated rings. The van der Waals surface area contributed by atoms with E-state index in [0.29, 0.717) is 10.4 Å². The van der Waals surface area contributed by atoms with Gasteiger partial charge >= 0.3 is 0 Å². The van der Waals surface area contributed by atoms with Crippen molar-refractivity contribution in [2.45, 2.75) is 12.2 Å². The molecule has 2 heterocycles. The van der Waals surface area contributed by atoms with Gasteiger partial charge in [-0.05, 0) is 15.9 Å². The lowest BCUT2D eigenvalue weighted by atomic mass is 10.3. The zero-order valence-electron chi connectivity index (χ0n) is 8.28. The molecular weight excluding hydrogens is 298 g/mol. The standard InChI is InChI=1S/C9H11BrClN3S/c1-6-4-14(2-3-15-6)9-7(10)8(11)12-5-13-9/h5-6H,2-4H2,1H3. The van der Waals surface area contributed by atoms with Gasteiger partial charge in [0.2, 0.25) is 0 Å². The number of hydrogen-bond acceptors (Lipinski definition) is 4. The third kappa shape index (κ3) is 2.57. The Morgan fingerprint density at radius 2 is 2.40 bits per heavy atom. The normalized spacial score (nSPS) is 21.8. The molecule has 0 bridgehead atoms. The number of hydrogen-bond donors (Lipinski definition) is 0. The Bertz CT molecular complexity index is 363. The van der Waals surface area contributed by atoms with E-state index in [9.17, 15) is 0 Å². The highest BCUT2D eigenvalue weighted by Gasteiger charge is 2.20. The van der Waals surface area contributed by atoms with Crippen LogP contribution in [-0.2, 0) is 0 Å². The molecule has 82 valence electrons. The van der Waals surface area contributed by atoms with E-state index in [2.05, 4.69) is 37.7 Å². The van der Waals surface area contributed by atoms with Crippen LogP contribution in [0.4, 0.5) is 5.82 Å². The monoisotopic (exact) mass is 307 g/mol. The van der Waals surface area contributed by atoms with Crippen LogP contribution in [-0.4, -0.2) is 34.1 Å². The van der Waals surface area contributed by atoms with Crippen LogP contribution in [0.1, 0.15) is 6.92 Å². The first-order valence-electron chi connectivity index (χ1n) is 4.71. The van der Waals surface area contributed by atoms with Crippen LogP contribution in [0.15, 0.2) is 10.8 Å². The van der Waals surface area contributed by atoms with Crippen LogP contribution in [0.3, 0.4) is 0 Å². The van der Waals surface area contributed by atoms with Crippen LogP contribution in [0.25, 0.3) is 0 Å². The molecule has 1 unspecified atom stereocenters. The smallest absolute Gasteiger partial charge is 0.148 e. The van der Waals surface area contributed by atoms with Crippen LogP contribution in [0, 0.1) is 0 Å². The first-order chi connectivity index (χ1) is 7.18. The Morgan fingerprint density at radius 3 is 3.13 bits per heavy atom. The van der Waals surface area contributed by atoms with Gasteiger partial charge in [0.15, 0.2) is 0 Å². The summed E-state index contributed by atoms with van der Waals surface area (Å²) < 4.78 is 0.797. The van der Waals surface area contributed by atoms with Crippen molar-refractivity contribution < 1.29 is 0 Å². The fraction of sp³-hybridized carbons (Fsp3) is 0.556. The predicted octanol–water partition coefficient (Wildman–Crippen LogP) is 2.83. The van der Waals surface area contributed by atoms with Gasteiger partial charge in [-0.15, -0.1) is 0 Å². The van der Waals surface area contributed by atoms with Gasteiger partial charge < -0.3 is 4.90 Å². The number of nitrogens with zero attached hydrogens (tertiary/aromatic N) is 3. The average molecular weight is 309 g/mol. The van der Waals surface area contributed by atoms with Crippen molar-refractivity contribution >= 4 is 45.1 Å². The highest BCUT2D eigenvalue weighted by atomic mass is 79.9. The van der Waals surface area contributed by atoms with Gasteiger partial charge in [-0.2, -0.15) is 11.8 Å². The molecular formula is C9H11BrClN3S. The van der Waals surface area contributed by atoms with Crippen LogP contribution in [0.5, 0.6) is 0 Å². The number of aromatic nitrogens is 2. The number of anilines is 1. The third-order valence-electron chi connectivity index (χ3n) is 2.27. The van der Waals surface area contributed by atoms with Gasteiger partial charge in [0.1, 0.15) is 17.3 Å². The second kappa shape index (κ2) is 4.89. The van der Waals surface area contributed by atoms with Gasteiger partial charge in [0.25, 0.3) is 0 Å². The van der Waals surface area contributed by atoms with Crippen molar-refractivity contribution in [3.8, 4) is 0 Å². The number of halogens is 2. The van der Waals surface area contributed by atoms with Crippen molar-refractivity contribution in [2.24, 2.45) is 0 Å². The summed E-state index contributed by atoms with van der Waals surface area (Å²) in [6, 6.07) is 0. The summed E-state index contributed by atoms with van der Waals surface area (Å²) in [5, 5.41) is 1.12. The van der Waals surface area contributed by atoms with E-state index < -0.39 is 0 Å². The van der Waals surface area contributed by atoms with Crippen molar-refractivity contribution in [1.82, 2.24) is 9.97 Å². The van der Waals surface area contributed by atoms with E-state index in [-0.39, 0.29) is 0 Å². The lowest BCUT2D eigenvalue weighted by Crippen LogP contribution is -2.37. The van der Waals surface area contributed by atoms with Gasteiger partial charge in [-0.1, -0.05) is 18.5 Å². The summed E-state index contributed by atoms with van der Waals surface area (Å²) in [6.07, 6.45) is 1.51. The largest absolute Gasteiger partial charge is 0.354 e. The molecule has 0 saturated carbocycles. The molecule has 0 aromatic carbocycles. The van der Waals surface area contributed by atoms with E-state index in [1.807, 2.05) is 11.8 Å². The quantitative estimate of drug-likeness (QED) is 0.746. The van der Waals surface area contributed by atoms with Gasteiger partial charge in [-0.25, -0.2) is 9.97 Å². The van der Waals surface area contributed by atoms with E-state index in [1.165, 1.54) is 6.33 Å². The summed E-state index contributed by atoms with van der Waals surface area (Å²) in [7, 11) is 0. The second-order valence-electron chi connectivity index (χ2n) is 3.43. The molecule has 1 saturated heterocycles. The second-order valence-corrected chi connectivity index (χ2v) is 6.13. The van der Waals surface area contributed by atoms with Crippen molar-refractivity contribution in [3.05, 3.63) is 16.0 Å². The van der Waals surface area contributed by atoms with Crippen molar-refractivity contribution in [1.29, 1.82) is 0 Å².